The summed E-state index contributed by atoms with van der Waals surface area (Å²) in [5.74, 6) is -0.0572. The Kier molecular flexibility index (Phi) is 6.08. The lowest BCUT2D eigenvalue weighted by molar-refractivity contribution is -0.115. The molecule has 1 aliphatic rings. The minimum Gasteiger partial charge on any atom is -0.503 e. The summed E-state index contributed by atoms with van der Waals surface area (Å²) in [5.41, 5.74) is 2.67. The summed E-state index contributed by atoms with van der Waals surface area (Å²) in [5, 5.41) is 13.4. The van der Waals surface area contributed by atoms with Crippen LogP contribution in [0.3, 0.4) is 0 Å². The summed E-state index contributed by atoms with van der Waals surface area (Å²) in [6.07, 6.45) is 2.66. The van der Waals surface area contributed by atoms with E-state index in [1.165, 1.54) is 17.3 Å². The number of aliphatic imine (C=N–C) groups is 1. The molecule has 0 saturated carbocycles. The normalized spacial score (nSPS) is 16.8. The Balaban J connectivity index is 1.83. The first kappa shape index (κ1) is 19.3. The van der Waals surface area contributed by atoms with Crippen LogP contribution in [-0.2, 0) is 11.2 Å². The van der Waals surface area contributed by atoms with E-state index in [0.29, 0.717) is 22.2 Å². The van der Waals surface area contributed by atoms with Gasteiger partial charge in [-0.1, -0.05) is 30.7 Å². The smallest absolute Gasteiger partial charge is 0.264 e. The Morgan fingerprint density at radius 3 is 2.67 bits per heavy atom. The number of phenolic OH excluding ortho intramolecular Hbond substituents is 1. The topological polar surface area (TPSA) is 70.9 Å². The monoisotopic (exact) mass is 402 g/mol. The minimum atomic E-state index is -0.230. The molecule has 0 aliphatic carbocycles. The van der Waals surface area contributed by atoms with Crippen molar-refractivity contribution >= 4 is 46.2 Å². The molecule has 27 heavy (non-hydrogen) atoms. The molecule has 1 aliphatic heterocycles. The number of amidine groups is 1. The van der Waals surface area contributed by atoms with Crippen LogP contribution in [0.2, 0.25) is 5.02 Å². The van der Waals surface area contributed by atoms with Gasteiger partial charge in [0.05, 0.1) is 22.2 Å². The van der Waals surface area contributed by atoms with E-state index in [2.05, 4.69) is 17.2 Å². The summed E-state index contributed by atoms with van der Waals surface area (Å²) in [6, 6.07) is 11.1. The number of nitrogens with zero attached hydrogens (tertiary/aromatic N) is 1. The van der Waals surface area contributed by atoms with Crippen molar-refractivity contribution < 1.29 is 14.6 Å². The number of thioether (sulfide) groups is 1. The van der Waals surface area contributed by atoms with Crippen LogP contribution in [0.15, 0.2) is 46.3 Å². The number of ether oxygens (including phenoxy) is 1. The van der Waals surface area contributed by atoms with E-state index in [1.54, 1.807) is 18.2 Å². The summed E-state index contributed by atoms with van der Waals surface area (Å²) in [6.45, 7) is 4.30. The molecule has 5 nitrogen and oxygen atoms in total. The van der Waals surface area contributed by atoms with Crippen LogP contribution in [0.5, 0.6) is 11.5 Å². The first-order chi connectivity index (χ1) is 13.0. The van der Waals surface area contributed by atoms with Gasteiger partial charge >= 0.3 is 0 Å². The Labute approximate surface area is 167 Å². The van der Waals surface area contributed by atoms with Gasteiger partial charge in [0.2, 0.25) is 0 Å². The molecule has 1 saturated heterocycles. The molecular formula is C20H19ClN2O3S. The van der Waals surface area contributed by atoms with E-state index in [0.717, 1.165) is 12.1 Å². The van der Waals surface area contributed by atoms with Gasteiger partial charge in [-0.2, -0.15) is 0 Å². The van der Waals surface area contributed by atoms with Gasteiger partial charge in [-0.25, -0.2) is 4.99 Å². The van der Waals surface area contributed by atoms with Gasteiger partial charge < -0.3 is 15.2 Å². The van der Waals surface area contributed by atoms with Crippen molar-refractivity contribution in [2.24, 2.45) is 4.99 Å². The van der Waals surface area contributed by atoms with Gasteiger partial charge in [-0.05, 0) is 66.6 Å². The molecule has 3 rings (SSSR count). The highest BCUT2D eigenvalue weighted by Gasteiger charge is 2.24. The molecule has 140 valence electrons. The zero-order valence-electron chi connectivity index (χ0n) is 15.0. The second-order valence-corrected chi connectivity index (χ2v) is 7.22. The number of carbonyl (C=O) groups excluding carboxylic acids is 1. The quantitative estimate of drug-likeness (QED) is 0.698. The van der Waals surface area contributed by atoms with Gasteiger partial charge in [0.15, 0.2) is 16.7 Å². The zero-order valence-corrected chi connectivity index (χ0v) is 16.5. The van der Waals surface area contributed by atoms with Crippen molar-refractivity contribution in [2.45, 2.75) is 20.3 Å². The van der Waals surface area contributed by atoms with Crippen molar-refractivity contribution in [3.63, 3.8) is 0 Å². The largest absolute Gasteiger partial charge is 0.503 e. The SMILES string of the molecule is CCOc1cc(C=C2SC(=Nc3ccc(CC)cc3)NC2=O)cc(Cl)c1O. The number of nitrogens with one attached hydrogen (secondary N) is 1. The number of rotatable bonds is 5. The van der Waals surface area contributed by atoms with Crippen molar-refractivity contribution in [2.75, 3.05) is 6.61 Å². The number of hydrogen-bond acceptors (Lipinski definition) is 5. The number of phenols is 1. The van der Waals surface area contributed by atoms with Gasteiger partial charge in [-0.15, -0.1) is 0 Å². The van der Waals surface area contributed by atoms with Crippen LogP contribution in [0.1, 0.15) is 25.0 Å². The maximum atomic E-state index is 12.2. The van der Waals surface area contributed by atoms with E-state index in [-0.39, 0.29) is 22.4 Å². The molecule has 0 atom stereocenters. The summed E-state index contributed by atoms with van der Waals surface area (Å²) >= 11 is 7.30. The lowest BCUT2D eigenvalue weighted by atomic mass is 10.2. The fourth-order valence-corrected chi connectivity index (χ4v) is 3.56. The van der Waals surface area contributed by atoms with E-state index in [4.69, 9.17) is 16.3 Å². The standard InChI is InChI=1S/C20H19ClN2O3S/c1-3-12-5-7-14(8-6-12)22-20-23-19(25)17(27-20)11-13-9-15(21)18(24)16(10-13)26-4-2/h5-11,24H,3-4H2,1-2H3,(H,22,23,25). The molecule has 0 radical (unpaired) electrons. The fourth-order valence-electron chi connectivity index (χ4n) is 2.50. The molecule has 0 spiro atoms. The molecule has 2 N–H and O–H groups in total. The van der Waals surface area contributed by atoms with E-state index in [1.807, 2.05) is 31.2 Å². The first-order valence-electron chi connectivity index (χ1n) is 8.54. The van der Waals surface area contributed by atoms with Crippen LogP contribution in [0, 0.1) is 0 Å². The summed E-state index contributed by atoms with van der Waals surface area (Å²) < 4.78 is 5.37. The highest BCUT2D eigenvalue weighted by molar-refractivity contribution is 8.18. The average Bonchev–Trinajstić information content (AvgIpc) is 2.99. The predicted molar refractivity (Wildman–Crippen MR) is 111 cm³/mol. The third kappa shape index (κ3) is 4.64. The molecule has 1 heterocycles. The maximum absolute atomic E-state index is 12.2. The Morgan fingerprint density at radius 1 is 1.26 bits per heavy atom. The van der Waals surface area contributed by atoms with Crippen molar-refractivity contribution in [3.05, 3.63) is 57.5 Å². The van der Waals surface area contributed by atoms with Gasteiger partial charge in [0.25, 0.3) is 5.91 Å². The second kappa shape index (κ2) is 8.50. The second-order valence-electron chi connectivity index (χ2n) is 5.78. The molecule has 1 fully saturated rings. The highest BCUT2D eigenvalue weighted by atomic mass is 35.5. The Hall–Kier alpha value is -2.44. The molecule has 2 aromatic carbocycles. The zero-order chi connectivity index (χ0) is 19.4. The average molecular weight is 403 g/mol. The number of hydrogen-bond donors (Lipinski definition) is 2. The number of benzene rings is 2. The third-order valence-electron chi connectivity index (χ3n) is 3.87. The fraction of sp³-hybridized carbons (Fsp3) is 0.200. The highest BCUT2D eigenvalue weighted by Crippen LogP contribution is 2.37. The van der Waals surface area contributed by atoms with E-state index in [9.17, 15) is 9.90 Å². The molecular weight excluding hydrogens is 384 g/mol. The van der Waals surface area contributed by atoms with Gasteiger partial charge in [-0.3, -0.25) is 4.79 Å². The molecule has 2 aromatic rings. The maximum Gasteiger partial charge on any atom is 0.264 e. The minimum absolute atomic E-state index is 0.109. The molecule has 1 amide bonds. The number of carbonyl (C=O) groups is 1. The molecule has 0 aromatic heterocycles. The van der Waals surface area contributed by atoms with Gasteiger partial charge in [0, 0.05) is 0 Å². The molecule has 0 unspecified atom stereocenters. The number of aromatic hydroxyl groups is 1. The summed E-state index contributed by atoms with van der Waals surface area (Å²) in [4.78, 5) is 17.2. The molecule has 7 heteroatoms. The lowest BCUT2D eigenvalue weighted by Crippen LogP contribution is -2.19. The third-order valence-corrected chi connectivity index (χ3v) is 5.07. The van der Waals surface area contributed by atoms with Gasteiger partial charge in [0.1, 0.15) is 0 Å². The van der Waals surface area contributed by atoms with E-state index < -0.39 is 0 Å². The predicted octanol–water partition coefficient (Wildman–Crippen LogP) is 4.90. The van der Waals surface area contributed by atoms with Crippen molar-refractivity contribution in [3.8, 4) is 11.5 Å². The summed E-state index contributed by atoms with van der Waals surface area (Å²) in [7, 11) is 0. The van der Waals surface area contributed by atoms with Crippen molar-refractivity contribution in [1.82, 2.24) is 5.32 Å². The van der Waals surface area contributed by atoms with Crippen LogP contribution in [-0.4, -0.2) is 22.8 Å². The number of amides is 1. The number of aryl methyl sites for hydroxylation is 1. The van der Waals surface area contributed by atoms with Crippen LogP contribution >= 0.6 is 23.4 Å². The Morgan fingerprint density at radius 2 is 2.00 bits per heavy atom. The molecule has 0 bridgehead atoms. The lowest BCUT2D eigenvalue weighted by Gasteiger charge is -2.08. The Bertz CT molecular complexity index is 924. The van der Waals surface area contributed by atoms with E-state index >= 15 is 0 Å². The number of halogens is 1. The van der Waals surface area contributed by atoms with Crippen molar-refractivity contribution in [1.29, 1.82) is 0 Å². The van der Waals surface area contributed by atoms with Crippen LogP contribution in [0.25, 0.3) is 6.08 Å². The van der Waals surface area contributed by atoms with Crippen LogP contribution < -0.4 is 10.1 Å². The first-order valence-corrected chi connectivity index (χ1v) is 9.73. The van der Waals surface area contributed by atoms with Crippen LogP contribution in [0.4, 0.5) is 5.69 Å².